The topological polar surface area (TPSA) is 43.7 Å². The molecule has 3 heteroatoms. The SMILES string of the molecule is CN(C)CCCCCC1=C[C@H]2C[C@@H](O)[C@H](/C=C/[C@H](O)CC3CCCC3)[C@H]2C1. The van der Waals surface area contributed by atoms with Gasteiger partial charge in [0, 0.05) is 5.92 Å². The van der Waals surface area contributed by atoms with Gasteiger partial charge in [-0.25, -0.2) is 0 Å². The van der Waals surface area contributed by atoms with E-state index in [9.17, 15) is 10.2 Å². The van der Waals surface area contributed by atoms with E-state index >= 15 is 0 Å². The molecule has 0 saturated heterocycles. The maximum atomic E-state index is 10.5. The molecule has 3 aliphatic rings. The first kappa shape index (κ1) is 21.1. The van der Waals surface area contributed by atoms with Gasteiger partial charge in [0.2, 0.25) is 0 Å². The summed E-state index contributed by atoms with van der Waals surface area (Å²) in [7, 11) is 4.29. The van der Waals surface area contributed by atoms with E-state index in [1.165, 1.54) is 57.9 Å². The van der Waals surface area contributed by atoms with Crippen LogP contribution in [0.1, 0.15) is 70.6 Å². The Labute approximate surface area is 166 Å². The summed E-state index contributed by atoms with van der Waals surface area (Å²) in [5.41, 5.74) is 1.62. The molecule has 0 bridgehead atoms. The Kier molecular flexibility index (Phi) is 7.98. The Balaban J connectivity index is 1.42. The third-order valence-corrected chi connectivity index (χ3v) is 7.16. The molecule has 0 spiro atoms. The van der Waals surface area contributed by atoms with Crippen molar-refractivity contribution < 1.29 is 10.2 Å². The average molecular weight is 376 g/mol. The molecular formula is C24H41NO2. The molecule has 3 rings (SSSR count). The van der Waals surface area contributed by atoms with Crippen molar-refractivity contribution in [1.29, 1.82) is 0 Å². The largest absolute Gasteiger partial charge is 0.392 e. The van der Waals surface area contributed by atoms with Gasteiger partial charge in [-0.15, -0.1) is 0 Å². The van der Waals surface area contributed by atoms with Gasteiger partial charge in [-0.05, 0) is 76.9 Å². The lowest BCUT2D eigenvalue weighted by molar-refractivity contribution is 0.139. The van der Waals surface area contributed by atoms with Gasteiger partial charge in [0.15, 0.2) is 0 Å². The monoisotopic (exact) mass is 375 g/mol. The smallest absolute Gasteiger partial charge is 0.0723 e. The summed E-state index contributed by atoms with van der Waals surface area (Å²) >= 11 is 0. The maximum absolute atomic E-state index is 10.5. The molecule has 0 aliphatic heterocycles. The lowest BCUT2D eigenvalue weighted by atomic mass is 9.88. The van der Waals surface area contributed by atoms with Crippen molar-refractivity contribution in [1.82, 2.24) is 4.90 Å². The summed E-state index contributed by atoms with van der Waals surface area (Å²) in [6, 6.07) is 0. The molecule has 0 aromatic heterocycles. The number of aliphatic hydroxyl groups excluding tert-OH is 2. The molecule has 2 N–H and O–H groups in total. The van der Waals surface area contributed by atoms with Gasteiger partial charge in [0.25, 0.3) is 0 Å². The molecule has 2 saturated carbocycles. The zero-order valence-electron chi connectivity index (χ0n) is 17.5. The molecule has 0 radical (unpaired) electrons. The van der Waals surface area contributed by atoms with Crippen LogP contribution in [0.4, 0.5) is 0 Å². The highest BCUT2D eigenvalue weighted by molar-refractivity contribution is 5.21. The van der Waals surface area contributed by atoms with Crippen LogP contribution in [-0.2, 0) is 0 Å². The molecule has 0 amide bonds. The Morgan fingerprint density at radius 1 is 1.19 bits per heavy atom. The molecule has 3 aliphatic carbocycles. The minimum atomic E-state index is -0.329. The molecule has 0 aromatic carbocycles. The Hall–Kier alpha value is -0.640. The van der Waals surface area contributed by atoms with Crippen LogP contribution in [0.2, 0.25) is 0 Å². The van der Waals surface area contributed by atoms with Crippen molar-refractivity contribution in [2.24, 2.45) is 23.7 Å². The van der Waals surface area contributed by atoms with E-state index < -0.39 is 0 Å². The van der Waals surface area contributed by atoms with Gasteiger partial charge in [0.1, 0.15) is 0 Å². The quantitative estimate of drug-likeness (QED) is 0.435. The summed E-state index contributed by atoms with van der Waals surface area (Å²) in [6.45, 7) is 1.19. The van der Waals surface area contributed by atoms with Crippen molar-refractivity contribution in [3.63, 3.8) is 0 Å². The number of hydrogen-bond acceptors (Lipinski definition) is 3. The average Bonchev–Trinajstić information content (AvgIpc) is 3.30. The van der Waals surface area contributed by atoms with Gasteiger partial charge in [0.05, 0.1) is 12.2 Å². The van der Waals surface area contributed by atoms with Gasteiger partial charge in [-0.3, -0.25) is 0 Å². The number of nitrogens with zero attached hydrogens (tertiary/aromatic N) is 1. The van der Waals surface area contributed by atoms with E-state index in [0.29, 0.717) is 17.8 Å². The molecular weight excluding hydrogens is 334 g/mol. The fourth-order valence-corrected chi connectivity index (χ4v) is 5.67. The lowest BCUT2D eigenvalue weighted by Gasteiger charge is -2.19. The van der Waals surface area contributed by atoms with Crippen molar-refractivity contribution in [3.8, 4) is 0 Å². The van der Waals surface area contributed by atoms with Crippen LogP contribution in [0.5, 0.6) is 0 Å². The van der Waals surface area contributed by atoms with Crippen LogP contribution in [0.15, 0.2) is 23.8 Å². The van der Waals surface area contributed by atoms with Crippen LogP contribution in [0, 0.1) is 23.7 Å². The Bertz CT molecular complexity index is 507. The molecule has 3 nitrogen and oxygen atoms in total. The van der Waals surface area contributed by atoms with Crippen molar-refractivity contribution in [2.45, 2.75) is 82.8 Å². The van der Waals surface area contributed by atoms with Crippen LogP contribution in [0.3, 0.4) is 0 Å². The number of rotatable bonds is 10. The highest BCUT2D eigenvalue weighted by Gasteiger charge is 2.43. The van der Waals surface area contributed by atoms with Crippen LogP contribution >= 0.6 is 0 Å². The van der Waals surface area contributed by atoms with Crippen molar-refractivity contribution >= 4 is 0 Å². The first-order valence-electron chi connectivity index (χ1n) is 11.4. The molecule has 154 valence electrons. The van der Waals surface area contributed by atoms with E-state index in [0.717, 1.165) is 19.3 Å². The van der Waals surface area contributed by atoms with Gasteiger partial charge in [-0.2, -0.15) is 0 Å². The second-order valence-electron chi connectivity index (χ2n) is 9.69. The van der Waals surface area contributed by atoms with E-state index in [1.807, 2.05) is 6.08 Å². The van der Waals surface area contributed by atoms with Crippen LogP contribution < -0.4 is 0 Å². The molecule has 0 unspecified atom stereocenters. The number of hydrogen-bond donors (Lipinski definition) is 2. The number of aliphatic hydroxyl groups is 2. The first-order chi connectivity index (χ1) is 13.0. The number of fused-ring (bicyclic) bond motifs is 1. The number of unbranched alkanes of at least 4 members (excludes halogenated alkanes) is 2. The summed E-state index contributed by atoms with van der Waals surface area (Å²) in [5.74, 6) is 2.05. The van der Waals surface area contributed by atoms with Crippen molar-refractivity contribution in [3.05, 3.63) is 23.8 Å². The molecule has 27 heavy (non-hydrogen) atoms. The summed E-state index contributed by atoms with van der Waals surface area (Å²) in [5, 5.41) is 20.9. The third-order valence-electron chi connectivity index (χ3n) is 7.16. The van der Waals surface area contributed by atoms with E-state index in [2.05, 4.69) is 31.1 Å². The van der Waals surface area contributed by atoms with Crippen LogP contribution in [0.25, 0.3) is 0 Å². The minimum Gasteiger partial charge on any atom is -0.392 e. The fourth-order valence-electron chi connectivity index (χ4n) is 5.67. The standard InChI is InChI=1S/C24H41NO2/c1-25(2)13-7-3-4-10-19-14-20-17-24(27)22(23(20)16-19)12-11-21(26)15-18-8-5-6-9-18/h11-12,14,18,20-24,26-27H,3-10,13,15-17H2,1-2H3/b12-11+/t20-,21-,22+,23-,24+/m0/s1. The Morgan fingerprint density at radius 2 is 1.96 bits per heavy atom. The molecule has 0 aromatic rings. The van der Waals surface area contributed by atoms with Gasteiger partial charge in [-0.1, -0.05) is 55.9 Å². The van der Waals surface area contributed by atoms with E-state index in [1.54, 1.807) is 5.57 Å². The van der Waals surface area contributed by atoms with Gasteiger partial charge >= 0.3 is 0 Å². The van der Waals surface area contributed by atoms with Crippen LogP contribution in [-0.4, -0.2) is 48.0 Å². The van der Waals surface area contributed by atoms with E-state index in [-0.39, 0.29) is 18.1 Å². The highest BCUT2D eigenvalue weighted by Crippen LogP contribution is 2.48. The maximum Gasteiger partial charge on any atom is 0.0723 e. The highest BCUT2D eigenvalue weighted by atomic mass is 16.3. The second kappa shape index (κ2) is 10.2. The second-order valence-corrected chi connectivity index (χ2v) is 9.69. The van der Waals surface area contributed by atoms with E-state index in [4.69, 9.17) is 0 Å². The predicted octanol–water partition coefficient (Wildman–Crippen LogP) is 4.55. The number of allylic oxidation sites excluding steroid dienone is 2. The predicted molar refractivity (Wildman–Crippen MR) is 113 cm³/mol. The zero-order valence-corrected chi connectivity index (χ0v) is 17.5. The molecule has 2 fully saturated rings. The van der Waals surface area contributed by atoms with Crippen molar-refractivity contribution in [2.75, 3.05) is 20.6 Å². The molecule has 0 heterocycles. The minimum absolute atomic E-state index is 0.229. The Morgan fingerprint density at radius 3 is 2.70 bits per heavy atom. The fraction of sp³-hybridized carbons (Fsp3) is 0.833. The zero-order chi connectivity index (χ0) is 19.2. The first-order valence-corrected chi connectivity index (χ1v) is 11.4. The normalized spacial score (nSPS) is 32.6. The summed E-state index contributed by atoms with van der Waals surface area (Å²) in [6.07, 6.45) is 19.4. The summed E-state index contributed by atoms with van der Waals surface area (Å²) in [4.78, 5) is 2.26. The van der Waals surface area contributed by atoms with Gasteiger partial charge < -0.3 is 15.1 Å². The lowest BCUT2D eigenvalue weighted by Crippen LogP contribution is -2.18. The summed E-state index contributed by atoms with van der Waals surface area (Å²) < 4.78 is 0. The third kappa shape index (κ3) is 6.17. The molecule has 5 atom stereocenters.